The Morgan fingerprint density at radius 2 is 2.07 bits per heavy atom. The molecular weight excluding hydrogens is 189 g/mol. The van der Waals surface area contributed by atoms with Crippen LogP contribution in [0.2, 0.25) is 0 Å². The van der Waals surface area contributed by atoms with E-state index in [0.29, 0.717) is 5.56 Å². The molecule has 15 heavy (non-hydrogen) atoms. The minimum atomic E-state index is -0.105. The fourth-order valence-electron chi connectivity index (χ4n) is 1.75. The fraction of sp³-hybridized carbons (Fsp3) is 0.538. The van der Waals surface area contributed by atoms with Crippen LogP contribution in [0.25, 0.3) is 0 Å². The largest absolute Gasteiger partial charge is 0.310 e. The molecule has 2 heteroatoms. The van der Waals surface area contributed by atoms with E-state index in [1.165, 1.54) is 0 Å². The summed E-state index contributed by atoms with van der Waals surface area (Å²) in [7, 11) is 0. The molecule has 1 rings (SSSR count). The summed E-state index contributed by atoms with van der Waals surface area (Å²) in [5.41, 5.74) is 1.77. The number of nitrogens with one attached hydrogen (secondary N) is 1. The first-order valence-electron chi connectivity index (χ1n) is 5.68. The summed E-state index contributed by atoms with van der Waals surface area (Å²) in [6.07, 6.45) is 2.16. The Kier molecular flexibility index (Phi) is 4.76. The van der Waals surface area contributed by atoms with Gasteiger partial charge in [-0.25, -0.2) is 4.39 Å². The van der Waals surface area contributed by atoms with E-state index in [9.17, 15) is 4.39 Å². The predicted molar refractivity (Wildman–Crippen MR) is 62.5 cm³/mol. The van der Waals surface area contributed by atoms with E-state index >= 15 is 0 Å². The van der Waals surface area contributed by atoms with Crippen LogP contribution < -0.4 is 5.32 Å². The van der Waals surface area contributed by atoms with Gasteiger partial charge in [-0.3, -0.25) is 0 Å². The summed E-state index contributed by atoms with van der Waals surface area (Å²) in [6.45, 7) is 6.93. The van der Waals surface area contributed by atoms with E-state index in [1.54, 1.807) is 13.0 Å². The van der Waals surface area contributed by atoms with Gasteiger partial charge in [0, 0.05) is 6.04 Å². The van der Waals surface area contributed by atoms with Crippen molar-refractivity contribution in [2.24, 2.45) is 0 Å². The molecule has 1 atom stereocenters. The average Bonchev–Trinajstić information content (AvgIpc) is 2.22. The van der Waals surface area contributed by atoms with Crippen molar-refractivity contribution in [3.8, 4) is 0 Å². The highest BCUT2D eigenvalue weighted by molar-refractivity contribution is 5.25. The SMILES string of the molecule is CCCC(NCC)c1ccc(C)c(F)c1. The molecule has 0 spiro atoms. The first-order valence-corrected chi connectivity index (χ1v) is 5.68. The van der Waals surface area contributed by atoms with Crippen LogP contribution in [0.1, 0.15) is 43.9 Å². The Labute approximate surface area is 91.7 Å². The van der Waals surface area contributed by atoms with Crippen molar-refractivity contribution in [1.82, 2.24) is 5.32 Å². The molecule has 1 aromatic rings. The van der Waals surface area contributed by atoms with E-state index in [2.05, 4.69) is 19.2 Å². The van der Waals surface area contributed by atoms with Gasteiger partial charge in [-0.15, -0.1) is 0 Å². The normalized spacial score (nSPS) is 12.8. The molecule has 0 amide bonds. The van der Waals surface area contributed by atoms with Gasteiger partial charge >= 0.3 is 0 Å². The van der Waals surface area contributed by atoms with Crippen LogP contribution in [-0.4, -0.2) is 6.54 Å². The average molecular weight is 209 g/mol. The molecule has 0 radical (unpaired) electrons. The third-order valence-corrected chi connectivity index (χ3v) is 2.63. The second-order valence-corrected chi connectivity index (χ2v) is 3.91. The molecule has 1 N–H and O–H groups in total. The Morgan fingerprint density at radius 3 is 2.60 bits per heavy atom. The lowest BCUT2D eigenvalue weighted by molar-refractivity contribution is 0.504. The summed E-state index contributed by atoms with van der Waals surface area (Å²) in [6, 6.07) is 5.81. The van der Waals surface area contributed by atoms with Crippen LogP contribution in [0.4, 0.5) is 4.39 Å². The van der Waals surface area contributed by atoms with Gasteiger partial charge in [0.15, 0.2) is 0 Å². The zero-order valence-electron chi connectivity index (χ0n) is 9.81. The number of halogens is 1. The third kappa shape index (κ3) is 3.31. The molecule has 84 valence electrons. The summed E-state index contributed by atoms with van der Waals surface area (Å²) < 4.78 is 13.4. The highest BCUT2D eigenvalue weighted by Gasteiger charge is 2.10. The highest BCUT2D eigenvalue weighted by atomic mass is 19.1. The number of hydrogen-bond donors (Lipinski definition) is 1. The molecule has 0 fully saturated rings. The lowest BCUT2D eigenvalue weighted by Crippen LogP contribution is -2.20. The maximum atomic E-state index is 13.4. The summed E-state index contributed by atoms with van der Waals surface area (Å²) in [5.74, 6) is -0.105. The molecule has 0 aromatic heterocycles. The number of benzene rings is 1. The van der Waals surface area contributed by atoms with Crippen LogP contribution in [0.15, 0.2) is 18.2 Å². The Balaban J connectivity index is 2.85. The van der Waals surface area contributed by atoms with Gasteiger partial charge < -0.3 is 5.32 Å². The number of aryl methyl sites for hydroxylation is 1. The first-order chi connectivity index (χ1) is 7.19. The van der Waals surface area contributed by atoms with Gasteiger partial charge in [0.25, 0.3) is 0 Å². The highest BCUT2D eigenvalue weighted by Crippen LogP contribution is 2.20. The van der Waals surface area contributed by atoms with Crippen molar-refractivity contribution in [2.45, 2.75) is 39.7 Å². The van der Waals surface area contributed by atoms with E-state index < -0.39 is 0 Å². The molecule has 0 aliphatic heterocycles. The van der Waals surface area contributed by atoms with E-state index in [4.69, 9.17) is 0 Å². The van der Waals surface area contributed by atoms with Crippen LogP contribution in [0.3, 0.4) is 0 Å². The number of hydrogen-bond acceptors (Lipinski definition) is 1. The fourth-order valence-corrected chi connectivity index (χ4v) is 1.75. The molecule has 0 saturated heterocycles. The minimum absolute atomic E-state index is 0.105. The Hall–Kier alpha value is -0.890. The van der Waals surface area contributed by atoms with Gasteiger partial charge in [0.2, 0.25) is 0 Å². The number of rotatable bonds is 5. The molecular formula is C13H20FN. The molecule has 0 aliphatic rings. The van der Waals surface area contributed by atoms with E-state index in [0.717, 1.165) is 24.9 Å². The predicted octanol–water partition coefficient (Wildman–Crippen LogP) is 3.58. The summed E-state index contributed by atoms with van der Waals surface area (Å²) in [5, 5.41) is 3.38. The van der Waals surface area contributed by atoms with Crippen LogP contribution in [0, 0.1) is 12.7 Å². The second-order valence-electron chi connectivity index (χ2n) is 3.91. The van der Waals surface area contributed by atoms with E-state index in [-0.39, 0.29) is 11.9 Å². The van der Waals surface area contributed by atoms with Crippen molar-refractivity contribution in [3.05, 3.63) is 35.1 Å². The Morgan fingerprint density at radius 1 is 1.33 bits per heavy atom. The van der Waals surface area contributed by atoms with Crippen molar-refractivity contribution in [2.75, 3.05) is 6.54 Å². The molecule has 0 heterocycles. The second kappa shape index (κ2) is 5.86. The van der Waals surface area contributed by atoms with Gasteiger partial charge in [-0.05, 0) is 37.1 Å². The van der Waals surface area contributed by atoms with Crippen molar-refractivity contribution < 1.29 is 4.39 Å². The molecule has 0 bridgehead atoms. The van der Waals surface area contributed by atoms with Crippen LogP contribution in [0.5, 0.6) is 0 Å². The molecule has 0 saturated carbocycles. The van der Waals surface area contributed by atoms with Crippen LogP contribution >= 0.6 is 0 Å². The smallest absolute Gasteiger partial charge is 0.126 e. The maximum Gasteiger partial charge on any atom is 0.126 e. The first kappa shape index (κ1) is 12.2. The molecule has 1 nitrogen and oxygen atoms in total. The van der Waals surface area contributed by atoms with Crippen molar-refractivity contribution in [3.63, 3.8) is 0 Å². The van der Waals surface area contributed by atoms with E-state index in [1.807, 2.05) is 12.1 Å². The summed E-state index contributed by atoms with van der Waals surface area (Å²) >= 11 is 0. The Bertz CT molecular complexity index is 303. The lowest BCUT2D eigenvalue weighted by atomic mass is 10.0. The van der Waals surface area contributed by atoms with Crippen molar-refractivity contribution >= 4 is 0 Å². The third-order valence-electron chi connectivity index (χ3n) is 2.63. The van der Waals surface area contributed by atoms with Gasteiger partial charge in [-0.2, -0.15) is 0 Å². The maximum absolute atomic E-state index is 13.4. The zero-order chi connectivity index (χ0) is 11.3. The van der Waals surface area contributed by atoms with Crippen molar-refractivity contribution in [1.29, 1.82) is 0 Å². The quantitative estimate of drug-likeness (QED) is 0.781. The summed E-state index contributed by atoms with van der Waals surface area (Å²) in [4.78, 5) is 0. The standard InChI is InChI=1S/C13H20FN/c1-4-6-13(15-5-2)11-8-7-10(3)12(14)9-11/h7-9,13,15H,4-6H2,1-3H3. The van der Waals surface area contributed by atoms with Gasteiger partial charge in [-0.1, -0.05) is 32.4 Å². The zero-order valence-corrected chi connectivity index (χ0v) is 9.81. The monoisotopic (exact) mass is 209 g/mol. The van der Waals surface area contributed by atoms with Crippen LogP contribution in [-0.2, 0) is 0 Å². The van der Waals surface area contributed by atoms with Gasteiger partial charge in [0.05, 0.1) is 0 Å². The molecule has 0 aliphatic carbocycles. The topological polar surface area (TPSA) is 12.0 Å². The lowest BCUT2D eigenvalue weighted by Gasteiger charge is -2.17. The molecule has 1 unspecified atom stereocenters. The van der Waals surface area contributed by atoms with Gasteiger partial charge in [0.1, 0.15) is 5.82 Å². The minimum Gasteiger partial charge on any atom is -0.310 e. The molecule has 1 aromatic carbocycles.